The monoisotopic (exact) mass is 294 g/mol. The second kappa shape index (κ2) is 5.81. The molecule has 0 saturated carbocycles. The van der Waals surface area contributed by atoms with Crippen molar-refractivity contribution in [3.05, 3.63) is 30.0 Å². The molecule has 2 atom stereocenters. The molecule has 1 amide bonds. The minimum atomic E-state index is 0. The molecule has 1 fully saturated rings. The lowest BCUT2D eigenvalue weighted by molar-refractivity contribution is 0.0745. The van der Waals surface area contributed by atoms with E-state index in [1.807, 2.05) is 23.1 Å². The zero-order valence-electron chi connectivity index (χ0n) is 11.4. The Morgan fingerprint density at radius 1 is 1.55 bits per heavy atom. The average molecular weight is 295 g/mol. The molecule has 3 N–H and O–H groups in total. The first-order valence-electron chi connectivity index (χ1n) is 6.64. The number of para-hydroxylation sites is 1. The number of fused-ring (bicyclic) bond motifs is 1. The number of rotatable bonds is 2. The van der Waals surface area contributed by atoms with E-state index in [0.717, 1.165) is 23.9 Å². The predicted octanol–water partition coefficient (Wildman–Crippen LogP) is 1.79. The summed E-state index contributed by atoms with van der Waals surface area (Å²) in [5.74, 6) is 0.484. The lowest BCUT2D eigenvalue weighted by Crippen LogP contribution is -2.34. The number of aromatic amines is 1. The number of nitrogens with two attached hydrogens (primary N) is 1. The Morgan fingerprint density at radius 2 is 2.35 bits per heavy atom. The number of halogens is 1. The molecule has 0 aliphatic carbocycles. The number of amides is 1. The normalized spacial score (nSPS) is 22.0. The summed E-state index contributed by atoms with van der Waals surface area (Å²) >= 11 is 0. The Balaban J connectivity index is 0.00000147. The van der Waals surface area contributed by atoms with Crippen molar-refractivity contribution in [1.29, 1.82) is 0 Å². The molecule has 1 aromatic heterocycles. The van der Waals surface area contributed by atoms with E-state index in [1.54, 1.807) is 6.20 Å². The van der Waals surface area contributed by atoms with Gasteiger partial charge in [-0.15, -0.1) is 12.4 Å². The predicted molar refractivity (Wildman–Crippen MR) is 81.0 cm³/mol. The van der Waals surface area contributed by atoms with Crippen LogP contribution in [0.15, 0.2) is 24.4 Å². The molecule has 1 aliphatic rings. The fourth-order valence-electron chi connectivity index (χ4n) is 2.90. The van der Waals surface area contributed by atoms with Crippen LogP contribution in [0.4, 0.5) is 0 Å². The highest BCUT2D eigenvalue weighted by Crippen LogP contribution is 2.26. The van der Waals surface area contributed by atoms with E-state index in [2.05, 4.69) is 17.1 Å². The summed E-state index contributed by atoms with van der Waals surface area (Å²) < 4.78 is 0. The summed E-state index contributed by atoms with van der Waals surface area (Å²) in [7, 11) is 0. The summed E-state index contributed by atoms with van der Waals surface area (Å²) in [5.41, 5.74) is 7.23. The maximum Gasteiger partial charge on any atom is 0.256 e. The minimum absolute atomic E-state index is 0. The lowest BCUT2D eigenvalue weighted by Gasteiger charge is -2.21. The van der Waals surface area contributed by atoms with Crippen LogP contribution >= 0.6 is 12.4 Å². The van der Waals surface area contributed by atoms with Gasteiger partial charge in [-0.05, 0) is 31.9 Å². The van der Waals surface area contributed by atoms with Gasteiger partial charge in [0.05, 0.1) is 17.3 Å². The number of benzene rings is 1. The summed E-state index contributed by atoms with van der Waals surface area (Å²) in [6, 6.07) is 5.95. The summed E-state index contributed by atoms with van der Waals surface area (Å²) in [5, 5.41) is 7.88. The maximum absolute atomic E-state index is 12.7. The molecule has 108 valence electrons. The molecule has 6 heteroatoms. The molecule has 2 heterocycles. The van der Waals surface area contributed by atoms with Gasteiger partial charge in [-0.2, -0.15) is 5.10 Å². The van der Waals surface area contributed by atoms with E-state index in [-0.39, 0.29) is 24.4 Å². The Kier molecular flexibility index (Phi) is 4.30. The van der Waals surface area contributed by atoms with Gasteiger partial charge in [0.1, 0.15) is 0 Å². The Bertz CT molecular complexity index is 612. The highest BCUT2D eigenvalue weighted by Gasteiger charge is 2.32. The van der Waals surface area contributed by atoms with Crippen molar-refractivity contribution in [3.8, 4) is 0 Å². The van der Waals surface area contributed by atoms with Crippen LogP contribution in [0.1, 0.15) is 23.7 Å². The van der Waals surface area contributed by atoms with Gasteiger partial charge in [0.15, 0.2) is 0 Å². The van der Waals surface area contributed by atoms with Gasteiger partial charge >= 0.3 is 0 Å². The van der Waals surface area contributed by atoms with Crippen LogP contribution < -0.4 is 5.73 Å². The molecule has 0 bridgehead atoms. The third-order valence-corrected chi connectivity index (χ3v) is 3.96. The zero-order chi connectivity index (χ0) is 13.4. The van der Waals surface area contributed by atoms with Crippen LogP contribution in [0.25, 0.3) is 10.9 Å². The van der Waals surface area contributed by atoms with Crippen LogP contribution in [0, 0.1) is 5.92 Å². The van der Waals surface area contributed by atoms with Crippen LogP contribution in [0.3, 0.4) is 0 Å². The van der Waals surface area contributed by atoms with E-state index >= 15 is 0 Å². The number of hydrogen-bond donors (Lipinski definition) is 2. The Labute approximate surface area is 123 Å². The number of nitrogens with zero attached hydrogens (tertiary/aromatic N) is 2. The average Bonchev–Trinajstić information content (AvgIpc) is 3.03. The van der Waals surface area contributed by atoms with Crippen molar-refractivity contribution in [3.63, 3.8) is 0 Å². The molecule has 1 saturated heterocycles. The molecule has 20 heavy (non-hydrogen) atoms. The fourth-order valence-corrected chi connectivity index (χ4v) is 2.90. The van der Waals surface area contributed by atoms with Crippen molar-refractivity contribution in [2.24, 2.45) is 11.7 Å². The van der Waals surface area contributed by atoms with Crippen molar-refractivity contribution in [2.45, 2.75) is 19.4 Å². The van der Waals surface area contributed by atoms with Gasteiger partial charge in [0.2, 0.25) is 0 Å². The lowest BCUT2D eigenvalue weighted by atomic mass is 10.1. The number of H-pyrrole nitrogens is 1. The van der Waals surface area contributed by atoms with E-state index in [9.17, 15) is 4.79 Å². The Morgan fingerprint density at radius 3 is 3.05 bits per heavy atom. The van der Waals surface area contributed by atoms with Gasteiger partial charge in [-0.3, -0.25) is 9.89 Å². The van der Waals surface area contributed by atoms with Gasteiger partial charge < -0.3 is 10.6 Å². The topological polar surface area (TPSA) is 75.0 Å². The third-order valence-electron chi connectivity index (χ3n) is 3.96. The molecular formula is C14H19ClN4O. The van der Waals surface area contributed by atoms with E-state index in [0.29, 0.717) is 18.0 Å². The van der Waals surface area contributed by atoms with Crippen LogP contribution in [0.5, 0.6) is 0 Å². The van der Waals surface area contributed by atoms with Crippen molar-refractivity contribution >= 4 is 29.2 Å². The smallest absolute Gasteiger partial charge is 0.256 e. The standard InChI is InChI=1S/C14H18N4O.ClH/c1-9-5-10(6-15)8-18(9)14(19)12-4-2-3-11-7-16-17-13(11)12;/h2-4,7,9-10H,5-6,8,15H2,1H3,(H,16,17);1H. The van der Waals surface area contributed by atoms with E-state index < -0.39 is 0 Å². The number of carbonyl (C=O) groups excluding carboxylic acids is 1. The van der Waals surface area contributed by atoms with Gasteiger partial charge in [0.25, 0.3) is 5.91 Å². The van der Waals surface area contributed by atoms with Crippen LogP contribution in [-0.4, -0.2) is 40.1 Å². The summed E-state index contributed by atoms with van der Waals surface area (Å²) in [6.45, 7) is 3.48. The SMILES string of the molecule is CC1CC(CN)CN1C(=O)c1cccc2cn[nH]c12.Cl. The number of nitrogens with one attached hydrogen (secondary N) is 1. The number of hydrogen-bond acceptors (Lipinski definition) is 3. The molecule has 2 aromatic rings. The van der Waals surface area contributed by atoms with Crippen molar-refractivity contribution in [2.75, 3.05) is 13.1 Å². The number of likely N-dealkylation sites (tertiary alicyclic amines) is 1. The number of aromatic nitrogens is 2. The van der Waals surface area contributed by atoms with Gasteiger partial charge in [0, 0.05) is 18.0 Å². The Hall–Kier alpha value is -1.59. The van der Waals surface area contributed by atoms with E-state index in [1.165, 1.54) is 0 Å². The molecule has 2 unspecified atom stereocenters. The van der Waals surface area contributed by atoms with Gasteiger partial charge in [-0.1, -0.05) is 12.1 Å². The molecular weight excluding hydrogens is 276 g/mol. The molecule has 0 radical (unpaired) electrons. The third kappa shape index (κ3) is 2.39. The minimum Gasteiger partial charge on any atom is -0.336 e. The first-order chi connectivity index (χ1) is 9.20. The first kappa shape index (κ1) is 14.8. The molecule has 1 aliphatic heterocycles. The first-order valence-corrected chi connectivity index (χ1v) is 6.64. The summed E-state index contributed by atoms with van der Waals surface area (Å²) in [4.78, 5) is 14.6. The maximum atomic E-state index is 12.7. The fraction of sp³-hybridized carbons (Fsp3) is 0.429. The largest absolute Gasteiger partial charge is 0.336 e. The molecule has 3 rings (SSSR count). The van der Waals surface area contributed by atoms with Crippen molar-refractivity contribution in [1.82, 2.24) is 15.1 Å². The van der Waals surface area contributed by atoms with Gasteiger partial charge in [-0.25, -0.2) is 0 Å². The molecule has 0 spiro atoms. The summed E-state index contributed by atoms with van der Waals surface area (Å²) in [6.07, 6.45) is 2.73. The second-order valence-corrected chi connectivity index (χ2v) is 5.28. The molecule has 1 aromatic carbocycles. The van der Waals surface area contributed by atoms with E-state index in [4.69, 9.17) is 5.73 Å². The second-order valence-electron chi connectivity index (χ2n) is 5.28. The highest BCUT2D eigenvalue weighted by atomic mass is 35.5. The quantitative estimate of drug-likeness (QED) is 0.887. The van der Waals surface area contributed by atoms with Crippen molar-refractivity contribution < 1.29 is 4.79 Å². The highest BCUT2D eigenvalue weighted by molar-refractivity contribution is 6.05. The molecule has 5 nitrogen and oxygen atoms in total. The number of carbonyl (C=O) groups is 1. The zero-order valence-corrected chi connectivity index (χ0v) is 12.2. The van der Waals surface area contributed by atoms with Crippen LogP contribution in [-0.2, 0) is 0 Å². The van der Waals surface area contributed by atoms with Crippen LogP contribution in [0.2, 0.25) is 0 Å².